The molecule has 0 aromatic heterocycles. The van der Waals surface area contributed by atoms with E-state index in [1.165, 1.54) is 4.31 Å². The van der Waals surface area contributed by atoms with Crippen LogP contribution in [0.3, 0.4) is 0 Å². The molecule has 0 spiro atoms. The second-order valence-electron chi connectivity index (χ2n) is 5.55. The zero-order valence-corrected chi connectivity index (χ0v) is 14.5. The van der Waals surface area contributed by atoms with Crippen LogP contribution in [-0.2, 0) is 21.2 Å². The summed E-state index contributed by atoms with van der Waals surface area (Å²) >= 11 is 0. The second kappa shape index (κ2) is 6.38. The molecule has 6 heteroatoms. The number of fused-ring (bicyclic) bond motifs is 1. The van der Waals surface area contributed by atoms with E-state index in [2.05, 4.69) is 0 Å². The number of hydrogen-bond acceptors (Lipinski definition) is 3. The lowest BCUT2D eigenvalue weighted by Gasteiger charge is -2.22. The van der Waals surface area contributed by atoms with Crippen molar-refractivity contribution in [2.45, 2.75) is 51.5 Å². The van der Waals surface area contributed by atoms with E-state index in [0.29, 0.717) is 30.8 Å². The van der Waals surface area contributed by atoms with Gasteiger partial charge in [0, 0.05) is 31.2 Å². The van der Waals surface area contributed by atoms with Crippen molar-refractivity contribution in [3.63, 3.8) is 0 Å². The van der Waals surface area contributed by atoms with Crippen LogP contribution in [0.15, 0.2) is 23.1 Å². The highest BCUT2D eigenvalue weighted by molar-refractivity contribution is 7.89. The first-order valence-corrected chi connectivity index (χ1v) is 9.25. The number of amides is 1. The number of rotatable bonds is 5. The maximum absolute atomic E-state index is 12.6. The molecule has 1 aliphatic heterocycles. The van der Waals surface area contributed by atoms with Crippen LogP contribution >= 0.6 is 0 Å². The predicted molar refractivity (Wildman–Crippen MR) is 87.5 cm³/mol. The molecule has 22 heavy (non-hydrogen) atoms. The van der Waals surface area contributed by atoms with Crippen molar-refractivity contribution in [3.8, 4) is 0 Å². The Hall–Kier alpha value is -1.40. The first kappa shape index (κ1) is 17.0. The van der Waals surface area contributed by atoms with E-state index in [9.17, 15) is 13.2 Å². The first-order chi connectivity index (χ1) is 10.4. The summed E-state index contributed by atoms with van der Waals surface area (Å²) in [5.74, 6) is 0.0746. The van der Waals surface area contributed by atoms with Crippen LogP contribution in [0.1, 0.15) is 39.7 Å². The molecule has 5 nitrogen and oxygen atoms in total. The van der Waals surface area contributed by atoms with Crippen molar-refractivity contribution in [3.05, 3.63) is 23.8 Å². The molecule has 0 aliphatic carbocycles. The lowest BCUT2D eigenvalue weighted by atomic mass is 10.1. The van der Waals surface area contributed by atoms with Crippen LogP contribution in [0.25, 0.3) is 0 Å². The number of nitrogens with zero attached hydrogens (tertiary/aromatic N) is 2. The van der Waals surface area contributed by atoms with E-state index in [0.717, 1.165) is 11.3 Å². The maximum atomic E-state index is 12.6. The number of benzene rings is 1. The Balaban J connectivity index is 2.43. The van der Waals surface area contributed by atoms with Crippen LogP contribution in [0.2, 0.25) is 0 Å². The number of carbonyl (C=O) groups excluding carboxylic acids is 1. The lowest BCUT2D eigenvalue weighted by molar-refractivity contribution is -0.118. The summed E-state index contributed by atoms with van der Waals surface area (Å²) in [5, 5.41) is 0. The van der Waals surface area contributed by atoms with E-state index in [1.807, 2.05) is 27.7 Å². The molecule has 1 aliphatic rings. The Morgan fingerprint density at radius 1 is 1.27 bits per heavy atom. The highest BCUT2D eigenvalue weighted by Gasteiger charge is 2.32. The fourth-order valence-corrected chi connectivity index (χ4v) is 4.54. The molecular weight excluding hydrogens is 300 g/mol. The van der Waals surface area contributed by atoms with Crippen LogP contribution < -0.4 is 4.90 Å². The van der Waals surface area contributed by atoms with Gasteiger partial charge in [0.1, 0.15) is 0 Å². The average Bonchev–Trinajstić information content (AvgIpc) is 2.82. The van der Waals surface area contributed by atoms with Crippen molar-refractivity contribution >= 4 is 21.6 Å². The summed E-state index contributed by atoms with van der Waals surface area (Å²) in [5.41, 5.74) is 1.78. The SMILES string of the molecule is CCC(=O)N1c2ccc(S(=O)(=O)N(CC)CC)cc2C[C@H]1C. The predicted octanol–water partition coefficient (Wildman–Crippen LogP) is 2.40. The normalized spacial score (nSPS) is 17.9. The van der Waals surface area contributed by atoms with Crippen molar-refractivity contribution in [2.24, 2.45) is 0 Å². The van der Waals surface area contributed by atoms with Gasteiger partial charge in [-0.1, -0.05) is 20.8 Å². The van der Waals surface area contributed by atoms with Crippen LogP contribution in [0, 0.1) is 0 Å². The fourth-order valence-electron chi connectivity index (χ4n) is 3.03. The van der Waals surface area contributed by atoms with Gasteiger partial charge in [0.25, 0.3) is 0 Å². The van der Waals surface area contributed by atoms with Gasteiger partial charge in [-0.3, -0.25) is 4.79 Å². The third-order valence-electron chi connectivity index (χ3n) is 4.18. The summed E-state index contributed by atoms with van der Waals surface area (Å²) in [4.78, 5) is 14.2. The quantitative estimate of drug-likeness (QED) is 0.836. The van der Waals surface area contributed by atoms with Gasteiger partial charge >= 0.3 is 0 Å². The highest BCUT2D eigenvalue weighted by atomic mass is 32.2. The van der Waals surface area contributed by atoms with Gasteiger partial charge in [-0.25, -0.2) is 8.42 Å². The monoisotopic (exact) mass is 324 g/mol. The molecule has 1 amide bonds. The van der Waals surface area contributed by atoms with Crippen LogP contribution in [-0.4, -0.2) is 37.8 Å². The minimum Gasteiger partial charge on any atom is -0.309 e. The lowest BCUT2D eigenvalue weighted by Crippen LogP contribution is -2.35. The molecule has 0 fully saturated rings. The molecule has 0 saturated heterocycles. The van der Waals surface area contributed by atoms with Crippen LogP contribution in [0.4, 0.5) is 5.69 Å². The summed E-state index contributed by atoms with van der Waals surface area (Å²) < 4.78 is 26.6. The van der Waals surface area contributed by atoms with Crippen LogP contribution in [0.5, 0.6) is 0 Å². The molecule has 0 N–H and O–H groups in total. The molecule has 122 valence electrons. The molecule has 1 aromatic carbocycles. The van der Waals surface area contributed by atoms with Gasteiger partial charge < -0.3 is 4.90 Å². The van der Waals surface area contributed by atoms with Gasteiger partial charge in [0.15, 0.2) is 0 Å². The van der Waals surface area contributed by atoms with Crippen molar-refractivity contribution in [1.29, 1.82) is 0 Å². The molecular formula is C16H24N2O3S. The summed E-state index contributed by atoms with van der Waals surface area (Å²) in [6, 6.07) is 5.18. The molecule has 0 radical (unpaired) electrons. The summed E-state index contributed by atoms with van der Waals surface area (Å²) in [6.07, 6.45) is 1.14. The van der Waals surface area contributed by atoms with E-state index < -0.39 is 10.0 Å². The Labute approximate surface area is 133 Å². The number of carbonyl (C=O) groups is 1. The summed E-state index contributed by atoms with van der Waals surface area (Å²) in [6.45, 7) is 8.40. The first-order valence-electron chi connectivity index (χ1n) is 7.81. The van der Waals surface area contributed by atoms with Gasteiger partial charge in [0.2, 0.25) is 15.9 Å². The minimum absolute atomic E-state index is 0.0746. The molecule has 0 unspecified atom stereocenters. The van der Waals surface area contributed by atoms with Gasteiger partial charge in [-0.15, -0.1) is 0 Å². The molecule has 1 heterocycles. The van der Waals surface area contributed by atoms with Crippen molar-refractivity contribution < 1.29 is 13.2 Å². The highest BCUT2D eigenvalue weighted by Crippen LogP contribution is 2.34. The molecule has 0 saturated carbocycles. The van der Waals surface area contributed by atoms with Gasteiger partial charge in [0.05, 0.1) is 4.90 Å². The van der Waals surface area contributed by atoms with E-state index in [-0.39, 0.29) is 11.9 Å². The average molecular weight is 324 g/mol. The molecule has 0 bridgehead atoms. The Morgan fingerprint density at radius 3 is 2.45 bits per heavy atom. The van der Waals surface area contributed by atoms with Crippen molar-refractivity contribution in [2.75, 3.05) is 18.0 Å². The fraction of sp³-hybridized carbons (Fsp3) is 0.562. The number of anilines is 1. The van der Waals surface area contributed by atoms with Gasteiger partial charge in [-0.2, -0.15) is 4.31 Å². The number of sulfonamides is 1. The largest absolute Gasteiger partial charge is 0.309 e. The topological polar surface area (TPSA) is 57.7 Å². The van der Waals surface area contributed by atoms with E-state index in [1.54, 1.807) is 23.1 Å². The minimum atomic E-state index is -3.45. The Morgan fingerprint density at radius 2 is 1.91 bits per heavy atom. The standard InChI is InChI=1S/C16H24N2O3S/c1-5-16(19)18-12(4)10-13-11-14(8-9-15(13)18)22(20,21)17(6-2)7-3/h8-9,11-12H,5-7,10H2,1-4H3/t12-/m1/s1. The van der Waals surface area contributed by atoms with Crippen molar-refractivity contribution in [1.82, 2.24) is 4.31 Å². The Kier molecular flexibility index (Phi) is 4.92. The smallest absolute Gasteiger partial charge is 0.243 e. The summed E-state index contributed by atoms with van der Waals surface area (Å²) in [7, 11) is -3.45. The third-order valence-corrected chi connectivity index (χ3v) is 6.23. The Bertz CT molecular complexity index is 666. The second-order valence-corrected chi connectivity index (χ2v) is 7.49. The third kappa shape index (κ3) is 2.77. The molecule has 1 aromatic rings. The van der Waals surface area contributed by atoms with Gasteiger partial charge in [-0.05, 0) is 37.1 Å². The maximum Gasteiger partial charge on any atom is 0.243 e. The van der Waals surface area contributed by atoms with E-state index >= 15 is 0 Å². The molecule has 1 atom stereocenters. The number of hydrogen-bond donors (Lipinski definition) is 0. The molecule has 2 rings (SSSR count). The zero-order valence-electron chi connectivity index (χ0n) is 13.7. The van der Waals surface area contributed by atoms with E-state index in [4.69, 9.17) is 0 Å². The zero-order chi connectivity index (χ0) is 16.5.